The quantitative estimate of drug-likeness (QED) is 0.639. The number of ether oxygens (including phenoxy) is 3. The standard InChI is InChI=1S/C17H22ClNO4/c1-21-14-9-11(10-15(22-2)17(14)23-3)7-8-16(20)19-13-6-4-5-12(13)18/h7-10,12-13H,4-6H2,1-3H3,(H,19,20)/b8-7+. The molecule has 1 amide bonds. The second kappa shape index (κ2) is 8.11. The molecule has 1 aromatic rings. The van der Waals surface area contributed by atoms with Gasteiger partial charge in [0.25, 0.3) is 0 Å². The SMILES string of the molecule is COc1cc(/C=C/C(=O)NC2CCCC2Cl)cc(OC)c1OC. The van der Waals surface area contributed by atoms with Crippen LogP contribution in [0.3, 0.4) is 0 Å². The minimum absolute atomic E-state index is 0.0218. The van der Waals surface area contributed by atoms with Crippen molar-refractivity contribution in [2.75, 3.05) is 21.3 Å². The van der Waals surface area contributed by atoms with Crippen LogP contribution in [-0.2, 0) is 4.79 Å². The maximum atomic E-state index is 12.0. The molecule has 6 heteroatoms. The van der Waals surface area contributed by atoms with Gasteiger partial charge in [0.05, 0.1) is 26.7 Å². The summed E-state index contributed by atoms with van der Waals surface area (Å²) in [6.07, 6.45) is 6.12. The van der Waals surface area contributed by atoms with E-state index in [1.165, 1.54) is 6.08 Å². The Kier molecular flexibility index (Phi) is 6.16. The Bertz CT molecular complexity index is 563. The van der Waals surface area contributed by atoms with Crippen LogP contribution in [0.25, 0.3) is 6.08 Å². The highest BCUT2D eigenvalue weighted by Crippen LogP contribution is 2.38. The van der Waals surface area contributed by atoms with Gasteiger partial charge in [0.2, 0.25) is 11.7 Å². The molecule has 0 spiro atoms. The zero-order valence-electron chi connectivity index (χ0n) is 13.6. The topological polar surface area (TPSA) is 56.8 Å². The van der Waals surface area contributed by atoms with E-state index in [1.54, 1.807) is 39.5 Å². The first-order valence-corrected chi connectivity index (χ1v) is 7.95. The van der Waals surface area contributed by atoms with Crippen molar-refractivity contribution >= 4 is 23.6 Å². The van der Waals surface area contributed by atoms with E-state index in [2.05, 4.69) is 5.32 Å². The Hall–Kier alpha value is -1.88. The van der Waals surface area contributed by atoms with Gasteiger partial charge in [-0.25, -0.2) is 0 Å². The van der Waals surface area contributed by atoms with Gasteiger partial charge in [-0.2, -0.15) is 0 Å². The Morgan fingerprint density at radius 2 is 1.83 bits per heavy atom. The number of amides is 1. The van der Waals surface area contributed by atoms with E-state index in [1.807, 2.05) is 0 Å². The summed E-state index contributed by atoms with van der Waals surface area (Å²) in [6, 6.07) is 3.62. The number of hydrogen-bond acceptors (Lipinski definition) is 4. The molecule has 1 aromatic carbocycles. The van der Waals surface area contributed by atoms with E-state index < -0.39 is 0 Å². The summed E-state index contributed by atoms with van der Waals surface area (Å²) >= 11 is 6.17. The Morgan fingerprint density at radius 3 is 2.30 bits per heavy atom. The van der Waals surface area contributed by atoms with Gasteiger partial charge in [-0.15, -0.1) is 11.6 Å². The summed E-state index contributed by atoms with van der Waals surface area (Å²) in [6.45, 7) is 0. The first-order valence-electron chi connectivity index (χ1n) is 7.51. The number of halogens is 1. The molecular formula is C17H22ClNO4. The summed E-state index contributed by atoms with van der Waals surface area (Å²) in [5.41, 5.74) is 0.781. The monoisotopic (exact) mass is 339 g/mol. The number of alkyl halides is 1. The van der Waals surface area contributed by atoms with Crippen molar-refractivity contribution < 1.29 is 19.0 Å². The minimum atomic E-state index is -0.156. The van der Waals surface area contributed by atoms with Crippen LogP contribution in [0.5, 0.6) is 17.2 Å². The van der Waals surface area contributed by atoms with Crippen LogP contribution in [0, 0.1) is 0 Å². The first-order chi connectivity index (χ1) is 11.1. The van der Waals surface area contributed by atoms with Gasteiger partial charge >= 0.3 is 0 Å². The maximum absolute atomic E-state index is 12.0. The molecule has 0 aromatic heterocycles. The normalized spacial score (nSPS) is 20.5. The molecule has 2 rings (SSSR count). The van der Waals surface area contributed by atoms with Crippen LogP contribution in [0.2, 0.25) is 0 Å². The van der Waals surface area contributed by atoms with E-state index in [0.717, 1.165) is 24.8 Å². The second-order valence-electron chi connectivity index (χ2n) is 5.35. The van der Waals surface area contributed by atoms with Crippen LogP contribution in [0.1, 0.15) is 24.8 Å². The number of hydrogen-bond donors (Lipinski definition) is 1. The molecule has 2 unspecified atom stereocenters. The van der Waals surface area contributed by atoms with Crippen LogP contribution in [0.4, 0.5) is 0 Å². The van der Waals surface area contributed by atoms with Gasteiger partial charge < -0.3 is 19.5 Å². The van der Waals surface area contributed by atoms with Crippen LogP contribution in [-0.4, -0.2) is 38.7 Å². The third-order valence-corrected chi connectivity index (χ3v) is 4.40. The lowest BCUT2D eigenvalue weighted by atomic mass is 10.1. The molecule has 1 N–H and O–H groups in total. The number of methoxy groups -OCH3 is 3. The van der Waals surface area contributed by atoms with Crippen molar-refractivity contribution in [2.45, 2.75) is 30.7 Å². The average Bonchev–Trinajstić information content (AvgIpc) is 2.96. The third-order valence-electron chi connectivity index (χ3n) is 3.87. The molecule has 23 heavy (non-hydrogen) atoms. The van der Waals surface area contributed by atoms with Crippen LogP contribution in [0.15, 0.2) is 18.2 Å². The predicted octanol–water partition coefficient (Wildman–Crippen LogP) is 3.00. The molecule has 2 atom stereocenters. The second-order valence-corrected chi connectivity index (χ2v) is 5.91. The van der Waals surface area contributed by atoms with E-state index in [0.29, 0.717) is 17.2 Å². The molecule has 1 aliphatic rings. The number of carbonyl (C=O) groups excluding carboxylic acids is 1. The average molecular weight is 340 g/mol. The molecule has 5 nitrogen and oxygen atoms in total. The summed E-state index contributed by atoms with van der Waals surface area (Å²) in [5.74, 6) is 1.45. The molecule has 1 fully saturated rings. The third kappa shape index (κ3) is 4.32. The molecule has 1 saturated carbocycles. The fourth-order valence-corrected chi connectivity index (χ4v) is 3.02. The summed E-state index contributed by atoms with van der Waals surface area (Å²) in [4.78, 5) is 12.0. The lowest BCUT2D eigenvalue weighted by Crippen LogP contribution is -2.36. The van der Waals surface area contributed by atoms with Crippen molar-refractivity contribution in [1.29, 1.82) is 0 Å². The van der Waals surface area contributed by atoms with Crippen LogP contribution >= 0.6 is 11.6 Å². The van der Waals surface area contributed by atoms with E-state index >= 15 is 0 Å². The maximum Gasteiger partial charge on any atom is 0.244 e. The molecule has 126 valence electrons. The summed E-state index contributed by atoms with van der Waals surface area (Å²) in [7, 11) is 4.66. The molecule has 0 heterocycles. The van der Waals surface area contributed by atoms with Gasteiger partial charge in [0.15, 0.2) is 11.5 Å². The van der Waals surface area contributed by atoms with Gasteiger partial charge in [0, 0.05) is 12.1 Å². The number of benzene rings is 1. The lowest BCUT2D eigenvalue weighted by molar-refractivity contribution is -0.117. The summed E-state index contributed by atoms with van der Waals surface area (Å²) in [5, 5.41) is 2.96. The van der Waals surface area contributed by atoms with Gasteiger partial charge in [-0.05, 0) is 43.0 Å². The fraction of sp³-hybridized carbons (Fsp3) is 0.471. The Labute approximate surface area is 141 Å². The molecular weight excluding hydrogens is 318 g/mol. The van der Waals surface area contributed by atoms with E-state index in [9.17, 15) is 4.79 Å². The van der Waals surface area contributed by atoms with E-state index in [-0.39, 0.29) is 17.3 Å². The van der Waals surface area contributed by atoms with Gasteiger partial charge in [-0.3, -0.25) is 4.79 Å². The lowest BCUT2D eigenvalue weighted by Gasteiger charge is -2.14. The van der Waals surface area contributed by atoms with Crippen LogP contribution < -0.4 is 19.5 Å². The van der Waals surface area contributed by atoms with Crippen molar-refractivity contribution in [3.05, 3.63) is 23.8 Å². The smallest absolute Gasteiger partial charge is 0.244 e. The summed E-state index contributed by atoms with van der Waals surface area (Å²) < 4.78 is 15.9. The molecule has 0 saturated heterocycles. The number of rotatable bonds is 6. The van der Waals surface area contributed by atoms with Gasteiger partial charge in [0.1, 0.15) is 0 Å². The zero-order valence-corrected chi connectivity index (χ0v) is 14.4. The zero-order chi connectivity index (χ0) is 16.8. The van der Waals surface area contributed by atoms with Crippen molar-refractivity contribution in [3.8, 4) is 17.2 Å². The first kappa shape index (κ1) is 17.5. The Morgan fingerprint density at radius 1 is 1.17 bits per heavy atom. The number of nitrogens with one attached hydrogen (secondary N) is 1. The predicted molar refractivity (Wildman–Crippen MR) is 90.6 cm³/mol. The fourth-order valence-electron chi connectivity index (χ4n) is 2.68. The molecule has 0 bridgehead atoms. The Balaban J connectivity index is 2.10. The molecule has 0 radical (unpaired) electrons. The molecule has 1 aliphatic carbocycles. The van der Waals surface area contributed by atoms with E-state index in [4.69, 9.17) is 25.8 Å². The highest BCUT2D eigenvalue weighted by molar-refractivity contribution is 6.21. The molecule has 0 aliphatic heterocycles. The van der Waals surface area contributed by atoms with Crippen molar-refractivity contribution in [1.82, 2.24) is 5.32 Å². The van der Waals surface area contributed by atoms with Crippen molar-refractivity contribution in [3.63, 3.8) is 0 Å². The largest absolute Gasteiger partial charge is 0.493 e. The highest BCUT2D eigenvalue weighted by Gasteiger charge is 2.25. The van der Waals surface area contributed by atoms with Gasteiger partial charge in [-0.1, -0.05) is 0 Å². The minimum Gasteiger partial charge on any atom is -0.493 e. The highest BCUT2D eigenvalue weighted by atomic mass is 35.5. The number of carbonyl (C=O) groups is 1. The van der Waals surface area contributed by atoms with Crippen molar-refractivity contribution in [2.24, 2.45) is 0 Å².